The van der Waals surface area contributed by atoms with Crippen LogP contribution < -0.4 is 15.4 Å². The fourth-order valence-corrected chi connectivity index (χ4v) is 4.35. The van der Waals surface area contributed by atoms with Gasteiger partial charge in [-0.3, -0.25) is 9.89 Å². The van der Waals surface area contributed by atoms with Gasteiger partial charge in [-0.1, -0.05) is 41.9 Å². The number of aromatic nitrogens is 2. The predicted molar refractivity (Wildman–Crippen MR) is 107 cm³/mol. The number of nitrogens with zero attached hydrogens (tertiary/aromatic N) is 3. The first kappa shape index (κ1) is 17.3. The van der Waals surface area contributed by atoms with E-state index in [0.29, 0.717) is 27.5 Å². The van der Waals surface area contributed by atoms with Crippen LogP contribution in [0.3, 0.4) is 0 Å². The number of hydrogen-bond acceptors (Lipinski definition) is 5. The van der Waals surface area contributed by atoms with Crippen LogP contribution in [0.25, 0.3) is 11.3 Å². The van der Waals surface area contributed by atoms with Crippen molar-refractivity contribution in [3.63, 3.8) is 0 Å². The quantitative estimate of drug-likeness (QED) is 0.649. The number of nitrogens with two attached hydrogens (primary N) is 1. The van der Waals surface area contributed by atoms with Gasteiger partial charge < -0.3 is 15.4 Å². The fourth-order valence-electron chi connectivity index (χ4n) is 4.22. The number of halogens is 1. The molecule has 1 atom stereocenters. The van der Waals surface area contributed by atoms with Gasteiger partial charge in [-0.15, -0.1) is 5.10 Å². The van der Waals surface area contributed by atoms with Crippen LogP contribution in [0.4, 0.5) is 5.69 Å². The molecule has 142 valence electrons. The second-order valence-corrected chi connectivity index (χ2v) is 7.31. The lowest BCUT2D eigenvalue weighted by molar-refractivity contribution is -0.120. The van der Waals surface area contributed by atoms with E-state index >= 15 is 0 Å². The van der Waals surface area contributed by atoms with E-state index in [-0.39, 0.29) is 23.2 Å². The molecule has 3 heterocycles. The SMILES string of the molecule is CN1C(=O)[C@@]2(C(C#N)=C(N)Oc3n[nH]c(-c4ccc(Cl)cc4)c32)c2ccccc21. The topological polar surface area (TPSA) is 108 Å². The standard InChI is InChI=1S/C21H14ClN5O2/c1-27-15-5-3-2-4-13(15)21(20(27)28)14(10-23)18(24)29-19-16(21)17(25-26-19)11-6-8-12(22)9-7-11/h2-9H,24H2,1H3,(H,25,26)/t21-/m1/s1. The Morgan fingerprint density at radius 3 is 2.69 bits per heavy atom. The maximum absolute atomic E-state index is 13.7. The van der Waals surface area contributed by atoms with Gasteiger partial charge in [0.2, 0.25) is 17.7 Å². The molecule has 1 aromatic heterocycles. The van der Waals surface area contributed by atoms with Gasteiger partial charge in [0, 0.05) is 28.9 Å². The van der Waals surface area contributed by atoms with Crippen LogP contribution in [0.2, 0.25) is 5.02 Å². The Balaban J connectivity index is 1.91. The molecule has 3 N–H and O–H groups in total. The van der Waals surface area contributed by atoms with E-state index in [2.05, 4.69) is 16.3 Å². The number of H-pyrrole nitrogens is 1. The predicted octanol–water partition coefficient (Wildman–Crippen LogP) is 3.08. The number of ether oxygens (including phenoxy) is 1. The zero-order valence-electron chi connectivity index (χ0n) is 15.2. The van der Waals surface area contributed by atoms with Gasteiger partial charge in [-0.2, -0.15) is 5.26 Å². The summed E-state index contributed by atoms with van der Waals surface area (Å²) in [6.45, 7) is 0. The summed E-state index contributed by atoms with van der Waals surface area (Å²) in [5, 5.41) is 17.8. The number of carbonyl (C=O) groups is 1. The number of benzene rings is 2. The molecule has 2 aromatic carbocycles. The Morgan fingerprint density at radius 2 is 1.97 bits per heavy atom. The van der Waals surface area contributed by atoms with Crippen molar-refractivity contribution >= 4 is 23.2 Å². The average molecular weight is 404 g/mol. The molecule has 1 spiro atoms. The Kier molecular flexibility index (Phi) is 3.51. The maximum Gasteiger partial charge on any atom is 0.247 e. The molecule has 3 aromatic rings. The zero-order valence-corrected chi connectivity index (χ0v) is 16.0. The van der Waals surface area contributed by atoms with Gasteiger partial charge in [0.15, 0.2) is 0 Å². The normalized spacial score (nSPS) is 19.8. The van der Waals surface area contributed by atoms with Gasteiger partial charge in [0.1, 0.15) is 17.1 Å². The number of para-hydroxylation sites is 1. The van der Waals surface area contributed by atoms with E-state index in [0.717, 1.165) is 5.56 Å². The molecular formula is C21H14ClN5O2. The number of anilines is 1. The van der Waals surface area contributed by atoms with E-state index in [4.69, 9.17) is 22.1 Å². The van der Waals surface area contributed by atoms with Crippen LogP contribution >= 0.6 is 11.6 Å². The molecule has 2 aliphatic rings. The first-order valence-corrected chi connectivity index (χ1v) is 9.18. The maximum atomic E-state index is 13.7. The minimum absolute atomic E-state index is 0.0448. The number of likely N-dealkylation sites (N-methyl/N-ethyl adjacent to an activating group) is 1. The van der Waals surface area contributed by atoms with Gasteiger partial charge in [0.25, 0.3) is 0 Å². The fraction of sp³-hybridized carbons (Fsp3) is 0.0952. The lowest BCUT2D eigenvalue weighted by Crippen LogP contribution is -2.45. The summed E-state index contributed by atoms with van der Waals surface area (Å²) in [7, 11) is 1.68. The highest BCUT2D eigenvalue weighted by Crippen LogP contribution is 2.56. The van der Waals surface area contributed by atoms with E-state index in [1.807, 2.05) is 36.4 Å². The third kappa shape index (κ3) is 2.06. The molecule has 7 nitrogen and oxygen atoms in total. The summed E-state index contributed by atoms with van der Waals surface area (Å²) in [4.78, 5) is 15.3. The minimum atomic E-state index is -1.44. The van der Waals surface area contributed by atoms with Crippen molar-refractivity contribution in [3.8, 4) is 23.2 Å². The van der Waals surface area contributed by atoms with E-state index in [1.54, 1.807) is 19.2 Å². The highest BCUT2D eigenvalue weighted by Gasteiger charge is 2.60. The molecule has 0 radical (unpaired) electrons. The van der Waals surface area contributed by atoms with Crippen molar-refractivity contribution in [1.29, 1.82) is 5.26 Å². The molecule has 0 saturated carbocycles. The smallest absolute Gasteiger partial charge is 0.247 e. The van der Waals surface area contributed by atoms with Crippen LogP contribution in [0.1, 0.15) is 11.1 Å². The summed E-state index contributed by atoms with van der Waals surface area (Å²) in [6.07, 6.45) is 0. The first-order chi connectivity index (χ1) is 14.0. The summed E-state index contributed by atoms with van der Waals surface area (Å²) in [5.74, 6) is -0.253. The highest BCUT2D eigenvalue weighted by molar-refractivity contribution is 6.30. The molecule has 29 heavy (non-hydrogen) atoms. The number of amides is 1. The number of hydrogen-bond donors (Lipinski definition) is 2. The zero-order chi connectivity index (χ0) is 20.3. The van der Waals surface area contributed by atoms with Crippen LogP contribution in [-0.4, -0.2) is 23.2 Å². The molecule has 0 saturated heterocycles. The molecule has 1 amide bonds. The number of fused-ring (bicyclic) bond motifs is 4. The van der Waals surface area contributed by atoms with Crippen LogP contribution in [0.15, 0.2) is 60.0 Å². The van der Waals surface area contributed by atoms with Crippen molar-refractivity contribution < 1.29 is 9.53 Å². The molecule has 0 unspecified atom stereocenters. The second-order valence-electron chi connectivity index (χ2n) is 6.87. The molecular weight excluding hydrogens is 390 g/mol. The second kappa shape index (κ2) is 5.87. The summed E-state index contributed by atoms with van der Waals surface area (Å²) < 4.78 is 5.64. The third-order valence-corrected chi connectivity index (χ3v) is 5.73. The molecule has 2 aliphatic heterocycles. The Hall–Kier alpha value is -3.76. The summed E-state index contributed by atoms with van der Waals surface area (Å²) >= 11 is 6.03. The lowest BCUT2D eigenvalue weighted by atomic mass is 9.68. The van der Waals surface area contributed by atoms with Crippen LogP contribution in [-0.2, 0) is 10.2 Å². The van der Waals surface area contributed by atoms with Crippen molar-refractivity contribution in [3.05, 3.63) is 76.1 Å². The molecule has 8 heteroatoms. The first-order valence-electron chi connectivity index (χ1n) is 8.80. The third-order valence-electron chi connectivity index (χ3n) is 5.48. The Labute approximate surface area is 171 Å². The van der Waals surface area contributed by atoms with E-state index in [9.17, 15) is 10.1 Å². The highest BCUT2D eigenvalue weighted by atomic mass is 35.5. The van der Waals surface area contributed by atoms with Crippen molar-refractivity contribution in [1.82, 2.24) is 10.2 Å². The van der Waals surface area contributed by atoms with Crippen molar-refractivity contribution in [2.45, 2.75) is 5.41 Å². The Bertz CT molecular complexity index is 1250. The number of rotatable bonds is 1. The molecule has 5 rings (SSSR count). The minimum Gasteiger partial charge on any atom is -0.420 e. The number of aromatic amines is 1. The number of nitrogens with one attached hydrogen (secondary N) is 1. The monoisotopic (exact) mass is 403 g/mol. The summed E-state index contributed by atoms with van der Waals surface area (Å²) in [6, 6.07) is 16.6. The van der Waals surface area contributed by atoms with Gasteiger partial charge >= 0.3 is 0 Å². The number of carbonyl (C=O) groups excluding carboxylic acids is 1. The van der Waals surface area contributed by atoms with Crippen LogP contribution in [0.5, 0.6) is 5.88 Å². The van der Waals surface area contributed by atoms with Crippen molar-refractivity contribution in [2.75, 3.05) is 11.9 Å². The number of nitriles is 1. The van der Waals surface area contributed by atoms with E-state index < -0.39 is 5.41 Å². The Morgan fingerprint density at radius 1 is 1.24 bits per heavy atom. The van der Waals surface area contributed by atoms with E-state index in [1.165, 1.54) is 4.90 Å². The lowest BCUT2D eigenvalue weighted by Gasteiger charge is -2.32. The molecule has 0 fully saturated rings. The van der Waals surface area contributed by atoms with Gasteiger partial charge in [-0.05, 0) is 18.2 Å². The molecule has 0 aliphatic carbocycles. The van der Waals surface area contributed by atoms with Crippen LogP contribution in [0, 0.1) is 11.3 Å². The molecule has 0 bridgehead atoms. The van der Waals surface area contributed by atoms with Gasteiger partial charge in [0.05, 0.1) is 11.3 Å². The van der Waals surface area contributed by atoms with Gasteiger partial charge in [-0.25, -0.2) is 0 Å². The van der Waals surface area contributed by atoms with Crippen molar-refractivity contribution in [2.24, 2.45) is 5.73 Å². The largest absolute Gasteiger partial charge is 0.420 e. The average Bonchev–Trinajstić information content (AvgIpc) is 3.24. The summed E-state index contributed by atoms with van der Waals surface area (Å²) in [5.41, 5.74) is 7.83.